The van der Waals surface area contributed by atoms with Gasteiger partial charge in [0.1, 0.15) is 5.82 Å². The molecule has 1 aliphatic rings. The lowest BCUT2D eigenvalue weighted by molar-refractivity contribution is -0.120. The molecule has 1 aliphatic heterocycles. The Labute approximate surface area is 75.4 Å². The maximum absolute atomic E-state index is 11.1. The summed E-state index contributed by atoms with van der Waals surface area (Å²) in [6, 6.07) is 0. The third kappa shape index (κ3) is 1.05. The van der Waals surface area contributed by atoms with E-state index in [9.17, 15) is 4.79 Å². The number of halogens is 1. The van der Waals surface area contributed by atoms with Gasteiger partial charge in [-0.25, -0.2) is 4.98 Å². The van der Waals surface area contributed by atoms with Crippen LogP contribution in [0.15, 0.2) is 0 Å². The maximum atomic E-state index is 11.1. The summed E-state index contributed by atoms with van der Waals surface area (Å²) in [4.78, 5) is 15.2. The lowest BCUT2D eigenvalue weighted by atomic mass is 10.1. The number of aryl methyl sites for hydroxylation is 1. The molecule has 0 amide bonds. The molecule has 4 heteroatoms. The molecule has 0 saturated heterocycles. The molecule has 1 aromatic rings. The molecule has 0 bridgehead atoms. The summed E-state index contributed by atoms with van der Waals surface area (Å²) in [6.07, 6.45) is 1.34. The highest BCUT2D eigenvalue weighted by atomic mass is 35.5. The number of carbonyl (C=O) groups excluding carboxylic acids is 1. The third-order valence-corrected chi connectivity index (χ3v) is 2.49. The first kappa shape index (κ1) is 7.80. The number of hydrogen-bond acceptors (Lipinski definition) is 2. The Morgan fingerprint density at radius 2 is 2.25 bits per heavy atom. The molecule has 0 N–H and O–H groups in total. The molecular formula is C8H9ClN2O. The molecule has 0 fully saturated rings. The number of Topliss-reactive ketones (excluding diaryl/α,β-unsaturated/α-hetero) is 1. The molecule has 0 unspecified atom stereocenters. The average molecular weight is 185 g/mol. The summed E-state index contributed by atoms with van der Waals surface area (Å²) in [5.41, 5.74) is 1.01. The van der Waals surface area contributed by atoms with Crippen molar-refractivity contribution in [1.29, 1.82) is 0 Å². The summed E-state index contributed by atoms with van der Waals surface area (Å²) in [6.45, 7) is 2.31. The predicted molar refractivity (Wildman–Crippen MR) is 45.3 cm³/mol. The number of imidazole rings is 1. The smallest absolute Gasteiger partial charge is 0.152 e. The van der Waals surface area contributed by atoms with Gasteiger partial charge in [0.2, 0.25) is 0 Å². The molecule has 2 heterocycles. The van der Waals surface area contributed by atoms with E-state index in [1.54, 1.807) is 0 Å². The van der Waals surface area contributed by atoms with Crippen molar-refractivity contribution in [2.45, 2.75) is 26.3 Å². The van der Waals surface area contributed by atoms with E-state index in [2.05, 4.69) is 4.98 Å². The number of fused-ring (bicyclic) bond motifs is 1. The molecule has 0 radical (unpaired) electrons. The molecular weight excluding hydrogens is 176 g/mol. The van der Waals surface area contributed by atoms with Gasteiger partial charge < -0.3 is 4.57 Å². The lowest BCUT2D eigenvalue weighted by Gasteiger charge is -2.14. The van der Waals surface area contributed by atoms with Gasteiger partial charge in [-0.1, -0.05) is 11.6 Å². The Balaban J connectivity index is 2.51. The number of hydrogen-bond donors (Lipinski definition) is 0. The van der Waals surface area contributed by atoms with Crippen molar-refractivity contribution in [2.24, 2.45) is 0 Å². The van der Waals surface area contributed by atoms with Crippen LogP contribution in [0.25, 0.3) is 0 Å². The van der Waals surface area contributed by atoms with E-state index in [-0.39, 0.29) is 5.78 Å². The van der Waals surface area contributed by atoms with Crippen molar-refractivity contribution >= 4 is 17.4 Å². The minimum Gasteiger partial charge on any atom is -0.323 e. The first-order valence-corrected chi connectivity index (χ1v) is 4.29. The second-order valence-corrected chi connectivity index (χ2v) is 3.38. The van der Waals surface area contributed by atoms with Crippen LogP contribution >= 0.6 is 11.6 Å². The van der Waals surface area contributed by atoms with Crippen LogP contribution in [0.4, 0.5) is 0 Å². The monoisotopic (exact) mass is 184 g/mol. The van der Waals surface area contributed by atoms with Crippen LogP contribution in [0.1, 0.15) is 17.9 Å². The SMILES string of the molecule is Cc1nc(Cl)c2n1CC(=O)CC2. The molecule has 0 spiro atoms. The van der Waals surface area contributed by atoms with E-state index in [0.717, 1.165) is 17.9 Å². The standard InChI is InChI=1S/C8H9ClN2O/c1-5-10-8(9)7-3-2-6(12)4-11(5)7/h2-4H2,1H3. The fraction of sp³-hybridized carbons (Fsp3) is 0.500. The molecule has 64 valence electrons. The molecule has 0 saturated carbocycles. The quantitative estimate of drug-likeness (QED) is 0.610. The fourth-order valence-corrected chi connectivity index (χ4v) is 1.85. The second-order valence-electron chi connectivity index (χ2n) is 3.02. The van der Waals surface area contributed by atoms with Crippen molar-refractivity contribution < 1.29 is 4.79 Å². The van der Waals surface area contributed by atoms with Crippen LogP contribution in [0.2, 0.25) is 5.15 Å². The van der Waals surface area contributed by atoms with Gasteiger partial charge in [0.15, 0.2) is 10.9 Å². The number of aromatic nitrogens is 2. The molecule has 12 heavy (non-hydrogen) atoms. The predicted octanol–water partition coefficient (Wildman–Crippen LogP) is 1.36. The van der Waals surface area contributed by atoms with Crippen molar-refractivity contribution in [3.63, 3.8) is 0 Å². The summed E-state index contributed by atoms with van der Waals surface area (Å²) >= 11 is 5.87. The number of rotatable bonds is 0. The van der Waals surface area contributed by atoms with Crippen molar-refractivity contribution in [2.75, 3.05) is 0 Å². The third-order valence-electron chi connectivity index (χ3n) is 2.19. The Morgan fingerprint density at radius 1 is 1.50 bits per heavy atom. The normalized spacial score (nSPS) is 16.3. The number of ketones is 1. The van der Waals surface area contributed by atoms with Crippen LogP contribution in [0, 0.1) is 6.92 Å². The van der Waals surface area contributed by atoms with E-state index in [1.807, 2.05) is 11.5 Å². The highest BCUT2D eigenvalue weighted by Gasteiger charge is 2.20. The summed E-state index contributed by atoms with van der Waals surface area (Å²) < 4.78 is 1.90. The van der Waals surface area contributed by atoms with E-state index in [1.165, 1.54) is 0 Å². The zero-order chi connectivity index (χ0) is 8.72. The minimum atomic E-state index is 0.264. The van der Waals surface area contributed by atoms with Gasteiger partial charge >= 0.3 is 0 Å². The van der Waals surface area contributed by atoms with Gasteiger partial charge in [-0.3, -0.25) is 4.79 Å². The molecule has 2 rings (SSSR count). The van der Waals surface area contributed by atoms with Gasteiger partial charge in [-0.2, -0.15) is 0 Å². The van der Waals surface area contributed by atoms with Crippen LogP contribution in [0.5, 0.6) is 0 Å². The maximum Gasteiger partial charge on any atom is 0.152 e. The van der Waals surface area contributed by atoms with E-state index in [4.69, 9.17) is 11.6 Å². The Hall–Kier alpha value is -0.830. The fourth-order valence-electron chi connectivity index (χ4n) is 1.53. The van der Waals surface area contributed by atoms with Gasteiger partial charge in [0, 0.05) is 6.42 Å². The molecule has 0 aliphatic carbocycles. The lowest BCUT2D eigenvalue weighted by Crippen LogP contribution is -2.20. The van der Waals surface area contributed by atoms with Crippen molar-refractivity contribution in [3.8, 4) is 0 Å². The van der Waals surface area contributed by atoms with Crippen molar-refractivity contribution in [1.82, 2.24) is 9.55 Å². The molecule has 3 nitrogen and oxygen atoms in total. The van der Waals surface area contributed by atoms with Gasteiger partial charge in [0.25, 0.3) is 0 Å². The number of nitrogens with zero attached hydrogens (tertiary/aromatic N) is 2. The summed E-state index contributed by atoms with van der Waals surface area (Å²) in [5.74, 6) is 1.10. The molecule has 0 atom stereocenters. The van der Waals surface area contributed by atoms with Crippen LogP contribution in [-0.4, -0.2) is 15.3 Å². The number of carbonyl (C=O) groups is 1. The topological polar surface area (TPSA) is 34.9 Å². The highest BCUT2D eigenvalue weighted by molar-refractivity contribution is 6.30. The zero-order valence-corrected chi connectivity index (χ0v) is 7.56. The van der Waals surface area contributed by atoms with Crippen molar-refractivity contribution in [3.05, 3.63) is 16.7 Å². The summed E-state index contributed by atoms with van der Waals surface area (Å²) in [7, 11) is 0. The Kier molecular flexibility index (Phi) is 1.68. The van der Waals surface area contributed by atoms with E-state index < -0.39 is 0 Å². The Bertz CT molecular complexity index is 343. The first-order chi connectivity index (χ1) is 5.68. The van der Waals surface area contributed by atoms with Crippen LogP contribution in [-0.2, 0) is 17.8 Å². The van der Waals surface area contributed by atoms with Crippen LogP contribution in [0.3, 0.4) is 0 Å². The van der Waals surface area contributed by atoms with E-state index in [0.29, 0.717) is 18.1 Å². The summed E-state index contributed by atoms with van der Waals surface area (Å²) in [5, 5.41) is 0.556. The first-order valence-electron chi connectivity index (χ1n) is 3.91. The van der Waals surface area contributed by atoms with Gasteiger partial charge in [-0.05, 0) is 13.3 Å². The average Bonchev–Trinajstić information content (AvgIpc) is 2.28. The second kappa shape index (κ2) is 2.59. The Morgan fingerprint density at radius 3 is 3.00 bits per heavy atom. The van der Waals surface area contributed by atoms with Gasteiger partial charge in [0.05, 0.1) is 12.2 Å². The zero-order valence-electron chi connectivity index (χ0n) is 6.80. The minimum absolute atomic E-state index is 0.264. The van der Waals surface area contributed by atoms with Crippen LogP contribution < -0.4 is 0 Å². The van der Waals surface area contributed by atoms with Gasteiger partial charge in [-0.15, -0.1) is 0 Å². The van der Waals surface area contributed by atoms with E-state index >= 15 is 0 Å². The molecule has 1 aromatic heterocycles. The largest absolute Gasteiger partial charge is 0.323 e. The molecule has 0 aromatic carbocycles. The highest BCUT2D eigenvalue weighted by Crippen LogP contribution is 2.22.